The van der Waals surface area contributed by atoms with Crippen molar-refractivity contribution in [1.82, 2.24) is 0 Å². The van der Waals surface area contributed by atoms with Gasteiger partial charge in [-0.3, -0.25) is 0 Å². The van der Waals surface area contributed by atoms with Gasteiger partial charge in [-0.25, -0.2) is 0 Å². The zero-order valence-electron chi connectivity index (χ0n) is 26.8. The predicted molar refractivity (Wildman–Crippen MR) is 222 cm³/mol. The summed E-state index contributed by atoms with van der Waals surface area (Å²) in [6.45, 7) is 0. The van der Waals surface area contributed by atoms with Crippen molar-refractivity contribution in [3.8, 4) is 22.3 Å². The van der Waals surface area contributed by atoms with Crippen molar-refractivity contribution in [3.63, 3.8) is 0 Å². The van der Waals surface area contributed by atoms with Gasteiger partial charge >= 0.3 is 0 Å². The fourth-order valence-electron chi connectivity index (χ4n) is 8.66. The molecule has 2 heterocycles. The minimum atomic E-state index is 1.28. The molecule has 0 spiro atoms. The van der Waals surface area contributed by atoms with E-state index in [1.807, 2.05) is 22.7 Å². The Morgan fingerprint density at radius 3 is 1.06 bits per heavy atom. The molecule has 230 valence electrons. The van der Waals surface area contributed by atoms with Gasteiger partial charge in [0.2, 0.25) is 0 Å². The van der Waals surface area contributed by atoms with Gasteiger partial charge in [0.25, 0.3) is 0 Å². The second kappa shape index (κ2) is 9.89. The van der Waals surface area contributed by atoms with Crippen LogP contribution in [0, 0.1) is 0 Å². The van der Waals surface area contributed by atoms with Gasteiger partial charge in [0.1, 0.15) is 0 Å². The second-order valence-electron chi connectivity index (χ2n) is 13.6. The first-order chi connectivity index (χ1) is 24.8. The molecule has 2 aromatic heterocycles. The fourth-order valence-corrected chi connectivity index (χ4v) is 11.4. The van der Waals surface area contributed by atoms with Crippen molar-refractivity contribution in [2.45, 2.75) is 0 Å². The third-order valence-corrected chi connectivity index (χ3v) is 13.5. The molecular formula is C48H26S2. The molecule has 0 nitrogen and oxygen atoms in total. The molecule has 0 saturated heterocycles. The van der Waals surface area contributed by atoms with Crippen LogP contribution in [0.25, 0.3) is 116 Å². The number of fused-ring (bicyclic) bond motifs is 10. The normalized spacial score (nSPS) is 12.4. The number of hydrogen-bond donors (Lipinski definition) is 0. The number of rotatable bonds is 2. The van der Waals surface area contributed by atoms with E-state index in [1.165, 1.54) is 116 Å². The van der Waals surface area contributed by atoms with Gasteiger partial charge in [0, 0.05) is 40.3 Å². The van der Waals surface area contributed by atoms with Crippen LogP contribution in [0.1, 0.15) is 0 Å². The van der Waals surface area contributed by atoms with Crippen LogP contribution in [0.4, 0.5) is 0 Å². The standard InChI is InChI=1S/C48H26S2/c1-3-9-35-27(7-1)19-21-41-39-13-5-11-37(47(39)49-45(35)41)33-23-29-15-17-31-25-34(26-32-18-16-30(24-33)43(29)44(31)32)38-12-6-14-40-42-22-20-28-8-2-4-10-36(28)46(42)50-48(38)40/h1-26H. The van der Waals surface area contributed by atoms with Crippen LogP contribution in [-0.2, 0) is 0 Å². The number of benzene rings is 10. The van der Waals surface area contributed by atoms with Crippen LogP contribution in [-0.4, -0.2) is 0 Å². The van der Waals surface area contributed by atoms with Crippen LogP contribution in [0.3, 0.4) is 0 Å². The van der Waals surface area contributed by atoms with Crippen LogP contribution >= 0.6 is 22.7 Å². The zero-order valence-corrected chi connectivity index (χ0v) is 28.5. The van der Waals surface area contributed by atoms with Crippen molar-refractivity contribution in [1.29, 1.82) is 0 Å². The van der Waals surface area contributed by atoms with Gasteiger partial charge in [-0.15, -0.1) is 22.7 Å². The second-order valence-corrected chi connectivity index (χ2v) is 15.7. The van der Waals surface area contributed by atoms with E-state index < -0.39 is 0 Å². The van der Waals surface area contributed by atoms with Gasteiger partial charge in [0.05, 0.1) is 0 Å². The maximum absolute atomic E-state index is 2.41. The largest absolute Gasteiger partial charge is 0.134 e. The Kier molecular flexibility index (Phi) is 5.35. The van der Waals surface area contributed by atoms with Crippen molar-refractivity contribution in [2.75, 3.05) is 0 Å². The molecule has 12 rings (SSSR count). The first kappa shape index (κ1) is 27.1. The summed E-state index contributed by atoms with van der Waals surface area (Å²) < 4.78 is 5.47. The molecule has 0 aliphatic heterocycles. The summed E-state index contributed by atoms with van der Waals surface area (Å²) in [6, 6.07) is 59.3. The van der Waals surface area contributed by atoms with Gasteiger partial charge in [-0.05, 0) is 100 Å². The van der Waals surface area contributed by atoms with Crippen LogP contribution in [0.2, 0.25) is 0 Å². The molecule has 0 N–H and O–H groups in total. The van der Waals surface area contributed by atoms with Gasteiger partial charge in [-0.2, -0.15) is 0 Å². The monoisotopic (exact) mass is 666 g/mol. The fraction of sp³-hybridized carbons (Fsp3) is 0. The Labute approximate surface area is 295 Å². The molecule has 2 heteroatoms. The molecule has 0 aliphatic carbocycles. The Morgan fingerprint density at radius 1 is 0.260 bits per heavy atom. The molecule has 0 aliphatic rings. The highest BCUT2D eigenvalue weighted by Crippen LogP contribution is 2.47. The van der Waals surface area contributed by atoms with Crippen molar-refractivity contribution in [2.24, 2.45) is 0 Å². The summed E-state index contributed by atoms with van der Waals surface area (Å²) in [5.41, 5.74) is 5.18. The first-order valence-electron chi connectivity index (χ1n) is 17.2. The lowest BCUT2D eigenvalue weighted by molar-refractivity contribution is 1.72. The molecule has 0 bridgehead atoms. The van der Waals surface area contributed by atoms with Crippen LogP contribution < -0.4 is 0 Å². The Bertz CT molecular complexity index is 3080. The quantitative estimate of drug-likeness (QED) is 0.161. The predicted octanol–water partition coefficient (Wildman–Crippen LogP) is 15.0. The van der Waals surface area contributed by atoms with Crippen molar-refractivity contribution < 1.29 is 0 Å². The lowest BCUT2D eigenvalue weighted by Crippen LogP contribution is -1.88. The first-order valence-corrected chi connectivity index (χ1v) is 18.8. The Hall–Kier alpha value is -5.80. The maximum atomic E-state index is 2.41. The molecule has 0 radical (unpaired) electrons. The lowest BCUT2D eigenvalue weighted by atomic mass is 9.89. The molecule has 12 aromatic rings. The molecule has 10 aromatic carbocycles. The third-order valence-electron chi connectivity index (χ3n) is 10.9. The highest BCUT2D eigenvalue weighted by molar-refractivity contribution is 7.27. The number of hydrogen-bond acceptors (Lipinski definition) is 2. The Balaban J connectivity index is 1.05. The summed E-state index contributed by atoms with van der Waals surface area (Å²) in [6.07, 6.45) is 0. The summed E-state index contributed by atoms with van der Waals surface area (Å²) in [5.74, 6) is 0. The average molecular weight is 667 g/mol. The molecule has 0 unspecified atom stereocenters. The van der Waals surface area contributed by atoms with E-state index in [-0.39, 0.29) is 0 Å². The highest BCUT2D eigenvalue weighted by atomic mass is 32.1. The molecule has 0 amide bonds. The van der Waals surface area contributed by atoms with Gasteiger partial charge < -0.3 is 0 Å². The third kappa shape index (κ3) is 3.64. The van der Waals surface area contributed by atoms with E-state index in [4.69, 9.17) is 0 Å². The van der Waals surface area contributed by atoms with E-state index in [2.05, 4.69) is 158 Å². The smallest absolute Gasteiger partial charge is 0.0434 e. The van der Waals surface area contributed by atoms with E-state index in [1.54, 1.807) is 0 Å². The topological polar surface area (TPSA) is 0 Å². The lowest BCUT2D eigenvalue weighted by Gasteiger charge is -2.15. The van der Waals surface area contributed by atoms with Gasteiger partial charge in [0.15, 0.2) is 0 Å². The van der Waals surface area contributed by atoms with E-state index in [0.29, 0.717) is 0 Å². The molecule has 50 heavy (non-hydrogen) atoms. The summed E-state index contributed by atoms with van der Waals surface area (Å²) in [5, 5.41) is 18.5. The summed E-state index contributed by atoms with van der Waals surface area (Å²) in [4.78, 5) is 0. The number of thiophene rings is 2. The minimum Gasteiger partial charge on any atom is -0.134 e. The van der Waals surface area contributed by atoms with E-state index in [9.17, 15) is 0 Å². The van der Waals surface area contributed by atoms with Crippen LogP contribution in [0.15, 0.2) is 158 Å². The van der Waals surface area contributed by atoms with Crippen molar-refractivity contribution >= 4 is 117 Å². The van der Waals surface area contributed by atoms with E-state index in [0.717, 1.165) is 0 Å². The highest BCUT2D eigenvalue weighted by Gasteiger charge is 2.17. The summed E-state index contributed by atoms with van der Waals surface area (Å²) in [7, 11) is 0. The zero-order chi connectivity index (χ0) is 32.5. The van der Waals surface area contributed by atoms with E-state index >= 15 is 0 Å². The van der Waals surface area contributed by atoms with Gasteiger partial charge in [-0.1, -0.05) is 133 Å². The van der Waals surface area contributed by atoms with Crippen LogP contribution in [0.5, 0.6) is 0 Å². The molecular weight excluding hydrogens is 641 g/mol. The minimum absolute atomic E-state index is 1.28. The molecule has 0 atom stereocenters. The average Bonchev–Trinajstić information content (AvgIpc) is 3.76. The maximum Gasteiger partial charge on any atom is 0.0434 e. The SMILES string of the molecule is c1ccc2c(c1)ccc1c3cccc(-c4cc5ccc6cc(-c7cccc8c7sc7c9ccccc9ccc87)cc7ccc(c4)c5c67)c3sc21. The van der Waals surface area contributed by atoms with Crippen molar-refractivity contribution in [3.05, 3.63) is 158 Å². The summed E-state index contributed by atoms with van der Waals surface area (Å²) >= 11 is 3.86. The molecule has 0 fully saturated rings. The molecule has 0 saturated carbocycles. The Morgan fingerprint density at radius 2 is 0.620 bits per heavy atom.